The van der Waals surface area contributed by atoms with Crippen molar-refractivity contribution in [3.8, 4) is 0 Å². The second kappa shape index (κ2) is 4.05. The molecule has 1 aromatic rings. The van der Waals surface area contributed by atoms with Crippen LogP contribution in [0, 0.1) is 17.8 Å². The normalized spacial score (nSPS) is 36.0. The molecule has 1 aromatic heterocycles. The summed E-state index contributed by atoms with van der Waals surface area (Å²) >= 11 is 11.9. The van der Waals surface area contributed by atoms with Crippen LogP contribution in [0.3, 0.4) is 0 Å². The molecule has 0 radical (unpaired) electrons. The number of rotatable bonds is 2. The van der Waals surface area contributed by atoms with Crippen LogP contribution in [0.15, 0.2) is 11.4 Å². The van der Waals surface area contributed by atoms with Crippen molar-refractivity contribution in [2.24, 2.45) is 17.8 Å². The molecular weight excluding hydrogens is 292 g/mol. The molecule has 2 saturated carbocycles. The molecule has 2 aliphatic carbocycles. The third-order valence-corrected chi connectivity index (χ3v) is 6.95. The summed E-state index contributed by atoms with van der Waals surface area (Å²) in [5.41, 5.74) is 0. The van der Waals surface area contributed by atoms with Crippen molar-refractivity contribution in [1.82, 2.24) is 0 Å². The molecule has 1 heterocycles. The van der Waals surface area contributed by atoms with Crippen LogP contribution >= 0.6 is 38.9 Å². The predicted octanol–water partition coefficient (Wildman–Crippen LogP) is 5.27. The summed E-state index contributed by atoms with van der Waals surface area (Å²) in [5.74, 6) is 2.80. The molecule has 3 heteroatoms. The Morgan fingerprint density at radius 1 is 1.40 bits per heavy atom. The Labute approximate surface area is 108 Å². The minimum atomic E-state index is 0.500. The summed E-state index contributed by atoms with van der Waals surface area (Å²) in [4.78, 5) is 1.84. The van der Waals surface area contributed by atoms with E-state index in [9.17, 15) is 0 Å². The minimum absolute atomic E-state index is 0.500. The summed E-state index contributed by atoms with van der Waals surface area (Å²) in [7, 11) is 0. The smallest absolute Gasteiger partial charge is 0.0556 e. The van der Waals surface area contributed by atoms with Gasteiger partial charge in [0.15, 0.2) is 0 Å². The largest absolute Gasteiger partial charge is 0.146 e. The summed E-state index contributed by atoms with van der Waals surface area (Å²) in [5, 5.41) is 3.05. The van der Waals surface area contributed by atoms with Gasteiger partial charge in [0.25, 0.3) is 0 Å². The first kappa shape index (κ1) is 10.6. The molecule has 0 saturated heterocycles. The van der Waals surface area contributed by atoms with E-state index in [4.69, 9.17) is 11.6 Å². The average molecular weight is 306 g/mol. The van der Waals surface area contributed by atoms with Gasteiger partial charge in [0.2, 0.25) is 0 Å². The molecule has 0 aliphatic heterocycles. The Hall–Kier alpha value is 0.470. The van der Waals surface area contributed by atoms with Gasteiger partial charge in [-0.25, -0.2) is 0 Å². The van der Waals surface area contributed by atoms with E-state index in [1.165, 1.54) is 30.6 Å². The molecule has 0 N–H and O–H groups in total. The van der Waals surface area contributed by atoms with E-state index >= 15 is 0 Å². The van der Waals surface area contributed by atoms with Crippen LogP contribution in [0.2, 0.25) is 5.02 Å². The zero-order valence-electron chi connectivity index (χ0n) is 8.46. The van der Waals surface area contributed by atoms with Crippen LogP contribution in [0.4, 0.5) is 0 Å². The van der Waals surface area contributed by atoms with Crippen molar-refractivity contribution >= 4 is 38.9 Å². The summed E-state index contributed by atoms with van der Waals surface area (Å²) < 4.78 is 0. The molecule has 0 spiro atoms. The van der Waals surface area contributed by atoms with Crippen molar-refractivity contribution in [3.05, 3.63) is 21.3 Å². The van der Waals surface area contributed by atoms with E-state index in [0.717, 1.165) is 22.8 Å². The highest BCUT2D eigenvalue weighted by atomic mass is 79.9. The Balaban J connectivity index is 1.81. The lowest BCUT2D eigenvalue weighted by Crippen LogP contribution is -2.14. The third kappa shape index (κ3) is 1.79. The fourth-order valence-electron chi connectivity index (χ4n) is 3.35. The topological polar surface area (TPSA) is 0 Å². The van der Waals surface area contributed by atoms with Crippen LogP contribution in [-0.2, 0) is 0 Å². The summed E-state index contributed by atoms with van der Waals surface area (Å²) in [6.07, 6.45) is 5.80. The van der Waals surface area contributed by atoms with E-state index in [2.05, 4.69) is 21.3 Å². The quantitative estimate of drug-likeness (QED) is 0.653. The van der Waals surface area contributed by atoms with Gasteiger partial charge >= 0.3 is 0 Å². The standard InChI is InChI=1S/C12H14BrClS/c13-11(12-10(14)3-4-15-12)9-6-7-1-2-8(9)5-7/h3-4,7-9,11H,1-2,5-6H2. The van der Waals surface area contributed by atoms with Gasteiger partial charge in [-0.3, -0.25) is 0 Å². The zero-order chi connectivity index (χ0) is 10.4. The molecule has 2 fully saturated rings. The second-order valence-electron chi connectivity index (χ2n) is 4.87. The first-order chi connectivity index (χ1) is 7.25. The Morgan fingerprint density at radius 2 is 2.27 bits per heavy atom. The maximum Gasteiger partial charge on any atom is 0.0556 e. The van der Waals surface area contributed by atoms with Gasteiger partial charge < -0.3 is 0 Å². The molecule has 15 heavy (non-hydrogen) atoms. The number of fused-ring (bicyclic) bond motifs is 2. The molecule has 2 aliphatic rings. The summed E-state index contributed by atoms with van der Waals surface area (Å²) in [6.45, 7) is 0. The fraction of sp³-hybridized carbons (Fsp3) is 0.667. The number of hydrogen-bond donors (Lipinski definition) is 0. The number of halogens is 2. The monoisotopic (exact) mass is 304 g/mol. The Morgan fingerprint density at radius 3 is 2.80 bits per heavy atom. The molecule has 4 unspecified atom stereocenters. The molecule has 0 amide bonds. The predicted molar refractivity (Wildman–Crippen MR) is 69.9 cm³/mol. The molecule has 0 nitrogen and oxygen atoms in total. The molecular formula is C12H14BrClS. The Kier molecular flexibility index (Phi) is 2.86. The van der Waals surface area contributed by atoms with Crippen LogP contribution in [0.5, 0.6) is 0 Å². The molecule has 82 valence electrons. The zero-order valence-corrected chi connectivity index (χ0v) is 11.6. The molecule has 2 bridgehead atoms. The van der Waals surface area contributed by atoms with Gasteiger partial charge in [0.1, 0.15) is 0 Å². The van der Waals surface area contributed by atoms with Crippen molar-refractivity contribution in [2.75, 3.05) is 0 Å². The van der Waals surface area contributed by atoms with E-state index in [1.54, 1.807) is 11.3 Å². The highest BCUT2D eigenvalue weighted by Crippen LogP contribution is 2.56. The van der Waals surface area contributed by atoms with Crippen molar-refractivity contribution < 1.29 is 0 Å². The van der Waals surface area contributed by atoms with Crippen LogP contribution in [-0.4, -0.2) is 0 Å². The maximum atomic E-state index is 6.20. The van der Waals surface area contributed by atoms with Gasteiger partial charge in [-0.05, 0) is 48.5 Å². The van der Waals surface area contributed by atoms with Gasteiger partial charge in [-0.15, -0.1) is 11.3 Å². The van der Waals surface area contributed by atoms with E-state index < -0.39 is 0 Å². The van der Waals surface area contributed by atoms with E-state index in [-0.39, 0.29) is 0 Å². The van der Waals surface area contributed by atoms with Gasteiger partial charge in [-0.1, -0.05) is 34.0 Å². The fourth-order valence-corrected chi connectivity index (χ4v) is 5.92. The first-order valence-electron chi connectivity index (χ1n) is 5.62. The lowest BCUT2D eigenvalue weighted by atomic mass is 9.86. The summed E-state index contributed by atoms with van der Waals surface area (Å²) in [6, 6.07) is 2.02. The van der Waals surface area contributed by atoms with Crippen LogP contribution in [0.1, 0.15) is 35.4 Å². The van der Waals surface area contributed by atoms with Crippen molar-refractivity contribution in [2.45, 2.75) is 30.5 Å². The Bertz CT molecular complexity index is 362. The third-order valence-electron chi connectivity index (χ3n) is 4.06. The SMILES string of the molecule is Clc1ccsc1C(Br)C1CC2CCC1C2. The molecule has 4 atom stereocenters. The van der Waals surface area contributed by atoms with Crippen molar-refractivity contribution in [1.29, 1.82) is 0 Å². The molecule has 3 rings (SSSR count). The lowest BCUT2D eigenvalue weighted by Gasteiger charge is -2.26. The number of hydrogen-bond acceptors (Lipinski definition) is 1. The molecule has 0 aromatic carbocycles. The van der Waals surface area contributed by atoms with Gasteiger partial charge in [-0.2, -0.15) is 0 Å². The second-order valence-corrected chi connectivity index (χ2v) is 7.21. The van der Waals surface area contributed by atoms with Crippen LogP contribution in [0.25, 0.3) is 0 Å². The van der Waals surface area contributed by atoms with E-state index in [0.29, 0.717) is 4.83 Å². The lowest BCUT2D eigenvalue weighted by molar-refractivity contribution is 0.331. The first-order valence-corrected chi connectivity index (χ1v) is 7.80. The van der Waals surface area contributed by atoms with Gasteiger partial charge in [0, 0.05) is 4.88 Å². The highest BCUT2D eigenvalue weighted by molar-refractivity contribution is 9.09. The number of thiophene rings is 1. The minimum Gasteiger partial charge on any atom is -0.146 e. The van der Waals surface area contributed by atoms with Crippen molar-refractivity contribution in [3.63, 3.8) is 0 Å². The highest BCUT2D eigenvalue weighted by Gasteiger charge is 2.43. The van der Waals surface area contributed by atoms with Gasteiger partial charge in [0.05, 0.1) is 9.85 Å². The van der Waals surface area contributed by atoms with Crippen LogP contribution < -0.4 is 0 Å². The average Bonchev–Trinajstić information content (AvgIpc) is 2.91. The van der Waals surface area contributed by atoms with E-state index in [1.807, 2.05) is 6.07 Å². The maximum absolute atomic E-state index is 6.20. The number of alkyl halides is 1.